The minimum absolute atomic E-state index is 0.00597. The molecule has 1 unspecified atom stereocenters. The van der Waals surface area contributed by atoms with Crippen LogP contribution < -0.4 is 10.6 Å². The summed E-state index contributed by atoms with van der Waals surface area (Å²) in [6, 6.07) is 8.43. The van der Waals surface area contributed by atoms with E-state index in [0.717, 1.165) is 13.1 Å². The predicted octanol–water partition coefficient (Wildman–Crippen LogP) is 1.35. The van der Waals surface area contributed by atoms with Crippen LogP contribution in [-0.2, 0) is 11.3 Å². The summed E-state index contributed by atoms with van der Waals surface area (Å²) in [5.74, 6) is 0.184. The number of carbonyl (C=O) groups excluding carboxylic acids is 1. The Morgan fingerprint density at radius 1 is 1.21 bits per heavy atom. The molecule has 2 heterocycles. The second-order valence-electron chi connectivity index (χ2n) is 5.56. The van der Waals surface area contributed by atoms with Crippen LogP contribution in [-0.4, -0.2) is 36.5 Å². The Labute approximate surface area is 114 Å². The van der Waals surface area contributed by atoms with Crippen molar-refractivity contribution in [1.82, 2.24) is 4.90 Å². The van der Waals surface area contributed by atoms with Crippen molar-refractivity contribution < 1.29 is 4.79 Å². The topological polar surface area (TPSA) is 49.6 Å². The molecule has 1 atom stereocenters. The maximum Gasteiger partial charge on any atom is 0.224 e. The Morgan fingerprint density at radius 2 is 1.95 bits per heavy atom. The Bertz CT molecular complexity index is 468. The average Bonchev–Trinajstić information content (AvgIpc) is 3.01. The van der Waals surface area contributed by atoms with Crippen LogP contribution in [0.25, 0.3) is 0 Å². The molecule has 1 amide bonds. The quantitative estimate of drug-likeness (QED) is 0.891. The standard InChI is InChI=1S/C15H21N3O/c16-13-9-15(19)18(11-13)10-12-5-1-2-6-14(12)17-7-3-4-8-17/h1-2,5-6,13H,3-4,7-11,16H2. The van der Waals surface area contributed by atoms with Gasteiger partial charge in [0.15, 0.2) is 0 Å². The van der Waals surface area contributed by atoms with E-state index < -0.39 is 0 Å². The van der Waals surface area contributed by atoms with Gasteiger partial charge in [-0.1, -0.05) is 18.2 Å². The van der Waals surface area contributed by atoms with Crippen molar-refractivity contribution in [3.8, 4) is 0 Å². The highest BCUT2D eigenvalue weighted by atomic mass is 16.2. The second-order valence-corrected chi connectivity index (χ2v) is 5.56. The lowest BCUT2D eigenvalue weighted by Gasteiger charge is -2.24. The molecule has 1 aromatic rings. The fraction of sp³-hybridized carbons (Fsp3) is 0.533. The van der Waals surface area contributed by atoms with Crippen molar-refractivity contribution in [2.24, 2.45) is 5.73 Å². The number of hydrogen-bond acceptors (Lipinski definition) is 3. The minimum atomic E-state index is 0.00597. The molecular weight excluding hydrogens is 238 g/mol. The maximum atomic E-state index is 11.9. The van der Waals surface area contributed by atoms with E-state index in [9.17, 15) is 4.79 Å². The number of para-hydroxylation sites is 1. The van der Waals surface area contributed by atoms with Gasteiger partial charge in [-0.15, -0.1) is 0 Å². The number of anilines is 1. The van der Waals surface area contributed by atoms with Crippen LogP contribution >= 0.6 is 0 Å². The number of benzene rings is 1. The first-order valence-electron chi connectivity index (χ1n) is 7.10. The number of likely N-dealkylation sites (tertiary alicyclic amines) is 1. The SMILES string of the molecule is NC1CC(=O)N(Cc2ccccc2N2CCCC2)C1. The average molecular weight is 259 g/mol. The lowest BCUT2D eigenvalue weighted by Crippen LogP contribution is -2.29. The van der Waals surface area contributed by atoms with E-state index in [-0.39, 0.29) is 11.9 Å². The second kappa shape index (κ2) is 5.21. The van der Waals surface area contributed by atoms with Gasteiger partial charge in [0.2, 0.25) is 5.91 Å². The maximum absolute atomic E-state index is 11.9. The fourth-order valence-electron chi connectivity index (χ4n) is 3.07. The van der Waals surface area contributed by atoms with Gasteiger partial charge < -0.3 is 15.5 Å². The molecule has 2 fully saturated rings. The third kappa shape index (κ3) is 2.59. The Morgan fingerprint density at radius 3 is 2.63 bits per heavy atom. The molecule has 2 aliphatic rings. The summed E-state index contributed by atoms with van der Waals surface area (Å²) < 4.78 is 0. The molecule has 2 aliphatic heterocycles. The van der Waals surface area contributed by atoms with Crippen LogP contribution in [0, 0.1) is 0 Å². The van der Waals surface area contributed by atoms with Gasteiger partial charge in [0, 0.05) is 44.3 Å². The molecule has 0 radical (unpaired) electrons. The first-order chi connectivity index (χ1) is 9.24. The first-order valence-corrected chi connectivity index (χ1v) is 7.10. The van der Waals surface area contributed by atoms with E-state index in [1.54, 1.807) is 0 Å². The van der Waals surface area contributed by atoms with Crippen LogP contribution in [0.4, 0.5) is 5.69 Å². The summed E-state index contributed by atoms with van der Waals surface area (Å²) in [6.07, 6.45) is 3.02. The van der Waals surface area contributed by atoms with Crippen LogP contribution in [0.1, 0.15) is 24.8 Å². The number of hydrogen-bond donors (Lipinski definition) is 1. The molecule has 0 saturated carbocycles. The molecule has 0 aromatic heterocycles. The summed E-state index contributed by atoms with van der Waals surface area (Å²) in [5.41, 5.74) is 8.38. The monoisotopic (exact) mass is 259 g/mol. The van der Waals surface area contributed by atoms with Gasteiger partial charge in [0.05, 0.1) is 0 Å². The Kier molecular flexibility index (Phi) is 3.42. The normalized spacial score (nSPS) is 23.4. The molecule has 2 N–H and O–H groups in total. The molecular formula is C15H21N3O. The van der Waals surface area contributed by atoms with Crippen LogP contribution in [0.3, 0.4) is 0 Å². The number of nitrogens with two attached hydrogens (primary N) is 1. The van der Waals surface area contributed by atoms with Crippen molar-refractivity contribution in [3.63, 3.8) is 0 Å². The Hall–Kier alpha value is -1.55. The van der Waals surface area contributed by atoms with Crippen molar-refractivity contribution in [2.75, 3.05) is 24.5 Å². The number of carbonyl (C=O) groups is 1. The predicted molar refractivity (Wildman–Crippen MR) is 75.9 cm³/mol. The van der Waals surface area contributed by atoms with Crippen molar-refractivity contribution in [2.45, 2.75) is 31.8 Å². The highest BCUT2D eigenvalue weighted by molar-refractivity contribution is 5.79. The van der Waals surface area contributed by atoms with E-state index in [0.29, 0.717) is 19.5 Å². The van der Waals surface area contributed by atoms with Gasteiger partial charge >= 0.3 is 0 Å². The largest absolute Gasteiger partial charge is 0.371 e. The molecule has 2 saturated heterocycles. The van der Waals surface area contributed by atoms with Crippen molar-refractivity contribution >= 4 is 11.6 Å². The summed E-state index contributed by atoms with van der Waals surface area (Å²) in [5, 5.41) is 0. The van der Waals surface area contributed by atoms with E-state index in [1.165, 1.54) is 24.1 Å². The van der Waals surface area contributed by atoms with Crippen LogP contribution in [0.15, 0.2) is 24.3 Å². The van der Waals surface area contributed by atoms with Crippen LogP contribution in [0.5, 0.6) is 0 Å². The zero-order chi connectivity index (χ0) is 13.2. The molecule has 102 valence electrons. The molecule has 4 heteroatoms. The summed E-state index contributed by atoms with van der Waals surface area (Å²) in [4.78, 5) is 16.2. The van der Waals surface area contributed by atoms with E-state index in [1.807, 2.05) is 4.90 Å². The van der Waals surface area contributed by atoms with Crippen molar-refractivity contribution in [3.05, 3.63) is 29.8 Å². The molecule has 0 bridgehead atoms. The molecule has 19 heavy (non-hydrogen) atoms. The fourth-order valence-corrected chi connectivity index (χ4v) is 3.07. The van der Waals surface area contributed by atoms with Gasteiger partial charge in [-0.3, -0.25) is 4.79 Å². The smallest absolute Gasteiger partial charge is 0.224 e. The third-order valence-corrected chi connectivity index (χ3v) is 4.04. The number of rotatable bonds is 3. The van der Waals surface area contributed by atoms with Gasteiger partial charge in [-0.05, 0) is 24.5 Å². The highest BCUT2D eigenvalue weighted by Gasteiger charge is 2.27. The first kappa shape index (κ1) is 12.5. The minimum Gasteiger partial charge on any atom is -0.371 e. The van der Waals surface area contributed by atoms with Gasteiger partial charge in [0.1, 0.15) is 0 Å². The van der Waals surface area contributed by atoms with E-state index in [4.69, 9.17) is 5.73 Å². The van der Waals surface area contributed by atoms with E-state index in [2.05, 4.69) is 29.2 Å². The Balaban J connectivity index is 1.78. The number of nitrogens with zero attached hydrogens (tertiary/aromatic N) is 2. The van der Waals surface area contributed by atoms with E-state index >= 15 is 0 Å². The third-order valence-electron chi connectivity index (χ3n) is 4.04. The lowest BCUT2D eigenvalue weighted by molar-refractivity contribution is -0.128. The zero-order valence-electron chi connectivity index (χ0n) is 11.2. The molecule has 1 aromatic carbocycles. The van der Waals surface area contributed by atoms with Gasteiger partial charge in [-0.2, -0.15) is 0 Å². The summed E-state index contributed by atoms with van der Waals surface area (Å²) in [6.45, 7) is 3.64. The lowest BCUT2D eigenvalue weighted by atomic mass is 10.1. The molecule has 3 rings (SSSR count). The molecule has 0 spiro atoms. The van der Waals surface area contributed by atoms with Gasteiger partial charge in [0.25, 0.3) is 0 Å². The van der Waals surface area contributed by atoms with Crippen LogP contribution in [0.2, 0.25) is 0 Å². The summed E-state index contributed by atoms with van der Waals surface area (Å²) >= 11 is 0. The highest BCUT2D eigenvalue weighted by Crippen LogP contribution is 2.26. The molecule has 0 aliphatic carbocycles. The van der Waals surface area contributed by atoms with Crippen molar-refractivity contribution in [1.29, 1.82) is 0 Å². The molecule has 4 nitrogen and oxygen atoms in total. The summed E-state index contributed by atoms with van der Waals surface area (Å²) in [7, 11) is 0. The number of amides is 1. The van der Waals surface area contributed by atoms with Gasteiger partial charge in [-0.25, -0.2) is 0 Å². The zero-order valence-corrected chi connectivity index (χ0v) is 11.2.